The Labute approximate surface area is 160 Å². The van der Waals surface area contributed by atoms with E-state index in [2.05, 4.69) is 15.5 Å². The van der Waals surface area contributed by atoms with Crippen LogP contribution in [0.25, 0.3) is 21.8 Å². The van der Waals surface area contributed by atoms with Crippen LogP contribution in [-0.2, 0) is 6.54 Å². The summed E-state index contributed by atoms with van der Waals surface area (Å²) in [6.07, 6.45) is 0. The second-order valence-corrected chi connectivity index (χ2v) is 6.88. The van der Waals surface area contributed by atoms with Crippen molar-refractivity contribution in [1.82, 2.24) is 15.5 Å². The third-order valence-corrected chi connectivity index (χ3v) is 5.08. The maximum atomic E-state index is 12.7. The van der Waals surface area contributed by atoms with Gasteiger partial charge in [-0.1, -0.05) is 65.8 Å². The lowest BCUT2D eigenvalue weighted by atomic mass is 10.1. The van der Waals surface area contributed by atoms with E-state index < -0.39 is 0 Å². The van der Waals surface area contributed by atoms with Crippen LogP contribution >= 0.6 is 11.3 Å². The number of amides is 1. The van der Waals surface area contributed by atoms with Crippen molar-refractivity contribution in [3.8, 4) is 21.8 Å². The standard InChI is InChI=1S/C21H17N3O2S/c1-14-18(19(24-26-14)15-8-4-2-5-9-15)20(25)22-12-17-13-27-21(23-17)16-10-6-3-7-11-16/h2-11,13H,12H2,1H3,(H,22,25). The number of carbonyl (C=O) groups is 1. The summed E-state index contributed by atoms with van der Waals surface area (Å²) in [4.78, 5) is 17.3. The molecule has 0 aliphatic carbocycles. The fourth-order valence-corrected chi connectivity index (χ4v) is 3.62. The second kappa shape index (κ2) is 7.55. The number of carbonyl (C=O) groups excluding carboxylic acids is 1. The first kappa shape index (κ1) is 17.2. The van der Waals surface area contributed by atoms with Crippen LogP contribution in [0.1, 0.15) is 21.8 Å². The van der Waals surface area contributed by atoms with E-state index in [9.17, 15) is 4.79 Å². The van der Waals surface area contributed by atoms with E-state index in [0.717, 1.165) is 21.8 Å². The van der Waals surface area contributed by atoms with Gasteiger partial charge in [0.25, 0.3) is 5.91 Å². The minimum atomic E-state index is -0.220. The number of benzene rings is 2. The van der Waals surface area contributed by atoms with Gasteiger partial charge in [-0.3, -0.25) is 4.79 Å². The lowest BCUT2D eigenvalue weighted by molar-refractivity contribution is 0.0949. The molecule has 0 radical (unpaired) electrons. The fourth-order valence-electron chi connectivity index (χ4n) is 2.79. The molecule has 2 heterocycles. The Kier molecular flexibility index (Phi) is 4.80. The zero-order valence-electron chi connectivity index (χ0n) is 14.7. The zero-order chi connectivity index (χ0) is 18.6. The van der Waals surface area contributed by atoms with Crippen molar-refractivity contribution in [3.63, 3.8) is 0 Å². The summed E-state index contributed by atoms with van der Waals surface area (Å²) >= 11 is 1.56. The smallest absolute Gasteiger partial charge is 0.257 e. The maximum Gasteiger partial charge on any atom is 0.257 e. The largest absolute Gasteiger partial charge is 0.360 e. The van der Waals surface area contributed by atoms with Crippen LogP contribution in [-0.4, -0.2) is 16.0 Å². The molecule has 0 saturated heterocycles. The van der Waals surface area contributed by atoms with Gasteiger partial charge >= 0.3 is 0 Å². The summed E-state index contributed by atoms with van der Waals surface area (Å²) in [5, 5.41) is 9.87. The summed E-state index contributed by atoms with van der Waals surface area (Å²) in [6.45, 7) is 2.09. The average molecular weight is 375 g/mol. The first-order chi connectivity index (χ1) is 13.2. The van der Waals surface area contributed by atoms with Gasteiger partial charge in [-0.2, -0.15) is 0 Å². The normalized spacial score (nSPS) is 10.7. The molecule has 4 rings (SSSR count). The molecule has 134 valence electrons. The number of hydrogen-bond acceptors (Lipinski definition) is 5. The first-order valence-electron chi connectivity index (χ1n) is 8.52. The van der Waals surface area contributed by atoms with E-state index in [4.69, 9.17) is 4.52 Å². The van der Waals surface area contributed by atoms with Crippen LogP contribution in [0, 0.1) is 6.92 Å². The van der Waals surface area contributed by atoms with Crippen molar-refractivity contribution in [2.24, 2.45) is 0 Å². The molecule has 0 atom stereocenters. The minimum absolute atomic E-state index is 0.220. The lowest BCUT2D eigenvalue weighted by Gasteiger charge is -2.04. The number of thiazole rings is 1. The van der Waals surface area contributed by atoms with Crippen LogP contribution in [0.5, 0.6) is 0 Å². The van der Waals surface area contributed by atoms with Crippen LogP contribution in [0.15, 0.2) is 70.6 Å². The molecule has 0 fully saturated rings. The first-order valence-corrected chi connectivity index (χ1v) is 9.40. The third kappa shape index (κ3) is 3.66. The van der Waals surface area contributed by atoms with E-state index in [1.807, 2.05) is 66.0 Å². The molecular weight excluding hydrogens is 358 g/mol. The van der Waals surface area contributed by atoms with Gasteiger partial charge in [0.15, 0.2) is 0 Å². The highest BCUT2D eigenvalue weighted by Gasteiger charge is 2.21. The maximum absolute atomic E-state index is 12.7. The summed E-state index contributed by atoms with van der Waals surface area (Å²) in [7, 11) is 0. The Balaban J connectivity index is 1.50. The molecule has 0 unspecified atom stereocenters. The molecule has 1 N–H and O–H groups in total. The number of rotatable bonds is 5. The quantitative estimate of drug-likeness (QED) is 0.549. The van der Waals surface area contributed by atoms with Gasteiger partial charge < -0.3 is 9.84 Å². The number of aromatic nitrogens is 2. The molecule has 1 amide bonds. The van der Waals surface area contributed by atoms with Crippen molar-refractivity contribution < 1.29 is 9.32 Å². The Hall–Kier alpha value is -3.25. The predicted molar refractivity (Wildman–Crippen MR) is 105 cm³/mol. The number of hydrogen-bond donors (Lipinski definition) is 1. The molecule has 0 saturated carbocycles. The molecule has 0 aliphatic heterocycles. The molecule has 0 bridgehead atoms. The number of aryl methyl sites for hydroxylation is 1. The minimum Gasteiger partial charge on any atom is -0.360 e. The van der Waals surface area contributed by atoms with E-state index in [1.165, 1.54) is 0 Å². The Morgan fingerprint density at radius 1 is 1.04 bits per heavy atom. The van der Waals surface area contributed by atoms with Gasteiger partial charge in [0.1, 0.15) is 22.0 Å². The Bertz CT molecular complexity index is 1060. The van der Waals surface area contributed by atoms with E-state index >= 15 is 0 Å². The highest BCUT2D eigenvalue weighted by molar-refractivity contribution is 7.13. The molecule has 2 aromatic carbocycles. The third-order valence-electron chi connectivity index (χ3n) is 4.14. The summed E-state index contributed by atoms with van der Waals surface area (Å²) in [6, 6.07) is 19.5. The van der Waals surface area contributed by atoms with E-state index in [-0.39, 0.29) is 5.91 Å². The van der Waals surface area contributed by atoms with Crippen LogP contribution < -0.4 is 5.32 Å². The Morgan fingerprint density at radius 2 is 1.70 bits per heavy atom. The molecule has 0 aliphatic rings. The average Bonchev–Trinajstić information content (AvgIpc) is 3.34. The molecule has 4 aromatic rings. The van der Waals surface area contributed by atoms with Crippen molar-refractivity contribution in [2.45, 2.75) is 13.5 Å². The topological polar surface area (TPSA) is 68.0 Å². The van der Waals surface area contributed by atoms with E-state index in [1.54, 1.807) is 18.3 Å². The highest BCUT2D eigenvalue weighted by atomic mass is 32.1. The molecule has 6 heteroatoms. The lowest BCUT2D eigenvalue weighted by Crippen LogP contribution is -2.23. The SMILES string of the molecule is Cc1onc(-c2ccccc2)c1C(=O)NCc1csc(-c2ccccc2)n1. The van der Waals surface area contributed by atoms with Crippen LogP contribution in [0.3, 0.4) is 0 Å². The van der Waals surface area contributed by atoms with Crippen molar-refractivity contribution >= 4 is 17.2 Å². The fraction of sp³-hybridized carbons (Fsp3) is 0.0952. The number of nitrogens with one attached hydrogen (secondary N) is 1. The molecule has 27 heavy (non-hydrogen) atoms. The molecule has 0 spiro atoms. The summed E-state index contributed by atoms with van der Waals surface area (Å²) < 4.78 is 5.26. The van der Waals surface area contributed by atoms with Crippen LogP contribution in [0.2, 0.25) is 0 Å². The summed E-state index contributed by atoms with van der Waals surface area (Å²) in [5.41, 5.74) is 3.75. The predicted octanol–water partition coefficient (Wildman–Crippen LogP) is 4.70. The highest BCUT2D eigenvalue weighted by Crippen LogP contribution is 2.26. The summed E-state index contributed by atoms with van der Waals surface area (Å²) in [5.74, 6) is 0.275. The molecular formula is C21H17N3O2S. The van der Waals surface area contributed by atoms with Gasteiger partial charge in [-0.05, 0) is 6.92 Å². The molecule has 5 nitrogen and oxygen atoms in total. The van der Waals surface area contributed by atoms with E-state index in [0.29, 0.717) is 23.6 Å². The monoisotopic (exact) mass is 375 g/mol. The van der Waals surface area contributed by atoms with Gasteiger partial charge in [-0.25, -0.2) is 4.98 Å². The van der Waals surface area contributed by atoms with Gasteiger partial charge in [0.05, 0.1) is 12.2 Å². The Morgan fingerprint density at radius 3 is 2.41 bits per heavy atom. The van der Waals surface area contributed by atoms with Crippen LogP contribution in [0.4, 0.5) is 0 Å². The van der Waals surface area contributed by atoms with Gasteiger partial charge in [0.2, 0.25) is 0 Å². The number of nitrogens with zero attached hydrogens (tertiary/aromatic N) is 2. The zero-order valence-corrected chi connectivity index (χ0v) is 15.5. The van der Waals surface area contributed by atoms with Gasteiger partial charge in [-0.15, -0.1) is 11.3 Å². The second-order valence-electron chi connectivity index (χ2n) is 6.02. The van der Waals surface area contributed by atoms with Crippen molar-refractivity contribution in [2.75, 3.05) is 0 Å². The van der Waals surface area contributed by atoms with Crippen molar-refractivity contribution in [1.29, 1.82) is 0 Å². The van der Waals surface area contributed by atoms with Crippen molar-refractivity contribution in [3.05, 3.63) is 83.1 Å². The van der Waals surface area contributed by atoms with Gasteiger partial charge in [0, 0.05) is 16.5 Å². The molecule has 2 aromatic heterocycles.